The van der Waals surface area contributed by atoms with E-state index in [2.05, 4.69) is 32.7 Å². The maximum Gasteiger partial charge on any atom is 0.271 e. The van der Waals surface area contributed by atoms with Gasteiger partial charge in [-0.3, -0.25) is 15.5 Å². The molecule has 1 aromatic heterocycles. The number of hydrazone groups is 1. The van der Waals surface area contributed by atoms with E-state index in [1.807, 2.05) is 24.3 Å². The number of aromatic hydroxyl groups is 1. The van der Waals surface area contributed by atoms with E-state index in [0.29, 0.717) is 17.4 Å². The van der Waals surface area contributed by atoms with E-state index in [4.69, 9.17) is 0 Å². The first-order chi connectivity index (χ1) is 15.1. The molecule has 3 aromatic rings. The minimum atomic E-state index is -0.532. The number of amidine groups is 1. The van der Waals surface area contributed by atoms with Crippen LogP contribution in [0, 0.1) is 10.1 Å². The summed E-state index contributed by atoms with van der Waals surface area (Å²) in [6, 6.07) is 11.5. The maximum atomic E-state index is 11.0. The average molecular weight is 441 g/mol. The highest BCUT2D eigenvalue weighted by molar-refractivity contribution is 7.21. The van der Waals surface area contributed by atoms with Gasteiger partial charge in [0.25, 0.3) is 5.69 Å². The van der Waals surface area contributed by atoms with Crippen molar-refractivity contribution >= 4 is 43.9 Å². The van der Waals surface area contributed by atoms with Crippen molar-refractivity contribution in [3.8, 4) is 5.75 Å². The predicted octanol–water partition coefficient (Wildman–Crippen LogP) is 6.78. The Hall–Kier alpha value is -3.40. The lowest BCUT2D eigenvalue weighted by Crippen LogP contribution is -2.00. The average Bonchev–Trinajstić information content (AvgIpc) is 3.18. The van der Waals surface area contributed by atoms with Gasteiger partial charge in [0.15, 0.2) is 5.84 Å². The number of phenolic OH excluding ortho intramolecular Hbond substituents is 1. The third-order valence-electron chi connectivity index (χ3n) is 4.53. The zero-order valence-electron chi connectivity index (χ0n) is 17.2. The third kappa shape index (κ3) is 6.54. The Morgan fingerprint density at radius 2 is 2.00 bits per heavy atom. The molecule has 31 heavy (non-hydrogen) atoms. The molecule has 10 heteroatoms. The van der Waals surface area contributed by atoms with Crippen LogP contribution in [0.4, 0.5) is 16.5 Å². The summed E-state index contributed by atoms with van der Waals surface area (Å²) in [4.78, 5) is 14.9. The number of non-ortho nitro benzene ring substituents is 1. The van der Waals surface area contributed by atoms with Gasteiger partial charge in [-0.15, -0.1) is 10.2 Å². The lowest BCUT2D eigenvalue weighted by Gasteiger charge is -2.05. The lowest BCUT2D eigenvalue weighted by atomic mass is 10.1. The first-order valence-electron chi connectivity index (χ1n) is 10.1. The fourth-order valence-corrected chi connectivity index (χ4v) is 3.66. The van der Waals surface area contributed by atoms with E-state index in [1.165, 1.54) is 36.0 Å². The highest BCUT2D eigenvalue weighted by Crippen LogP contribution is 2.29. The molecule has 0 amide bonds. The highest BCUT2D eigenvalue weighted by atomic mass is 32.1. The molecule has 0 aliphatic heterocycles. The number of thiazole rings is 1. The Labute approximate surface area is 183 Å². The topological polar surface area (TPSA) is 125 Å². The normalized spacial score (nSPS) is 12.0. The number of rotatable bonds is 10. The van der Waals surface area contributed by atoms with E-state index in [-0.39, 0.29) is 17.1 Å². The first-order valence-corrected chi connectivity index (χ1v) is 11.0. The summed E-state index contributed by atoms with van der Waals surface area (Å²) in [5.41, 5.74) is 3.53. The number of benzene rings is 2. The zero-order valence-corrected chi connectivity index (χ0v) is 18.0. The second kappa shape index (κ2) is 11.1. The molecule has 0 unspecified atom stereocenters. The molecule has 162 valence electrons. The number of phenols is 1. The number of nitro groups is 1. The molecule has 0 aliphatic rings. The Morgan fingerprint density at radius 3 is 2.77 bits per heavy atom. The van der Waals surface area contributed by atoms with Gasteiger partial charge in [-0.2, -0.15) is 5.10 Å². The van der Waals surface area contributed by atoms with Gasteiger partial charge in [-0.1, -0.05) is 56.1 Å². The summed E-state index contributed by atoms with van der Waals surface area (Å²) in [5, 5.41) is 34.2. The van der Waals surface area contributed by atoms with E-state index in [9.17, 15) is 15.2 Å². The molecule has 0 atom stereocenters. The van der Waals surface area contributed by atoms with E-state index >= 15 is 0 Å². The summed E-state index contributed by atoms with van der Waals surface area (Å²) in [5.74, 6) is 0.293. The highest BCUT2D eigenvalue weighted by Gasteiger charge is 2.10. The molecule has 0 bridgehead atoms. The number of unbranched alkanes of at least 4 members (excludes halogenated alkanes) is 4. The molecule has 0 spiro atoms. The largest absolute Gasteiger partial charge is 0.506 e. The summed E-state index contributed by atoms with van der Waals surface area (Å²) < 4.78 is 1.02. The quantitative estimate of drug-likeness (QED) is 0.0683. The maximum absolute atomic E-state index is 11.0. The number of nitrogens with zero attached hydrogens (tertiary/aromatic N) is 5. The van der Waals surface area contributed by atoms with Crippen molar-refractivity contribution in [1.29, 1.82) is 0 Å². The van der Waals surface area contributed by atoms with E-state index < -0.39 is 4.92 Å². The number of aromatic nitrogens is 1. The van der Waals surface area contributed by atoms with Crippen molar-refractivity contribution in [2.75, 3.05) is 5.43 Å². The molecular weight excluding hydrogens is 416 g/mol. The van der Waals surface area contributed by atoms with Gasteiger partial charge in [0, 0.05) is 18.6 Å². The van der Waals surface area contributed by atoms with Crippen LogP contribution in [-0.2, 0) is 0 Å². The van der Waals surface area contributed by atoms with Crippen LogP contribution >= 0.6 is 11.3 Å². The molecule has 3 rings (SSSR count). The monoisotopic (exact) mass is 440 g/mol. The molecule has 0 aliphatic carbocycles. The van der Waals surface area contributed by atoms with Crippen LogP contribution < -0.4 is 5.43 Å². The van der Waals surface area contributed by atoms with Gasteiger partial charge >= 0.3 is 0 Å². The molecule has 9 nitrogen and oxygen atoms in total. The summed E-state index contributed by atoms with van der Waals surface area (Å²) in [6.07, 6.45) is 6.00. The molecule has 2 aromatic carbocycles. The number of azo groups is 1. The summed E-state index contributed by atoms with van der Waals surface area (Å²) >= 11 is 1.43. The fourth-order valence-electron chi connectivity index (χ4n) is 2.87. The number of fused-ring (bicyclic) bond motifs is 1. The van der Waals surface area contributed by atoms with Crippen LogP contribution in [0.3, 0.4) is 0 Å². The number of para-hydroxylation sites is 1. The fraction of sp³-hybridized carbons (Fsp3) is 0.333. The number of nitro benzene ring substituents is 1. The van der Waals surface area contributed by atoms with E-state index in [0.717, 1.165) is 35.9 Å². The predicted molar refractivity (Wildman–Crippen MR) is 123 cm³/mol. The minimum Gasteiger partial charge on any atom is -0.506 e. The second-order valence-electron chi connectivity index (χ2n) is 6.93. The van der Waals surface area contributed by atoms with Crippen LogP contribution in [0.5, 0.6) is 5.75 Å². The Morgan fingerprint density at radius 1 is 1.19 bits per heavy atom. The molecule has 0 radical (unpaired) electrons. The van der Waals surface area contributed by atoms with Gasteiger partial charge in [0.05, 0.1) is 15.1 Å². The molecule has 0 fully saturated rings. The second-order valence-corrected chi connectivity index (χ2v) is 7.94. The smallest absolute Gasteiger partial charge is 0.271 e. The molecule has 0 saturated carbocycles. The molecular formula is C21H24N6O3S. The summed E-state index contributed by atoms with van der Waals surface area (Å²) in [7, 11) is 0. The Kier molecular flexibility index (Phi) is 7.99. The standard InChI is InChI=1S/C21H24N6O3S/c1-2-3-4-5-6-11-20(24-23-17-14-15(27(29)30)12-13-18(17)28)25-26-21-22-16-9-7-8-10-19(16)31-21/h7-10,12-14,23,28H,2-6,11H2,1H3/b24-20+,26-25?. The lowest BCUT2D eigenvalue weighted by molar-refractivity contribution is -0.384. The van der Waals surface area contributed by atoms with Crippen molar-refractivity contribution in [2.45, 2.75) is 45.4 Å². The van der Waals surface area contributed by atoms with Crippen LogP contribution in [0.2, 0.25) is 0 Å². The summed E-state index contributed by atoms with van der Waals surface area (Å²) in [6.45, 7) is 2.16. The van der Waals surface area contributed by atoms with Gasteiger partial charge in [0.2, 0.25) is 5.13 Å². The van der Waals surface area contributed by atoms with Gasteiger partial charge < -0.3 is 5.11 Å². The van der Waals surface area contributed by atoms with Crippen molar-refractivity contribution in [3.05, 3.63) is 52.6 Å². The number of hydrogen-bond acceptors (Lipinski definition) is 8. The Balaban J connectivity index is 1.76. The van der Waals surface area contributed by atoms with Crippen molar-refractivity contribution in [3.63, 3.8) is 0 Å². The van der Waals surface area contributed by atoms with Crippen LogP contribution in [-0.4, -0.2) is 20.8 Å². The first kappa shape index (κ1) is 22.3. The van der Waals surface area contributed by atoms with Crippen LogP contribution in [0.1, 0.15) is 45.4 Å². The third-order valence-corrected chi connectivity index (χ3v) is 5.45. The number of nitrogens with one attached hydrogen (secondary N) is 1. The van der Waals surface area contributed by atoms with Crippen molar-refractivity contribution in [2.24, 2.45) is 15.3 Å². The van der Waals surface area contributed by atoms with Gasteiger partial charge in [-0.05, 0) is 24.6 Å². The van der Waals surface area contributed by atoms with Gasteiger partial charge in [0.1, 0.15) is 11.4 Å². The van der Waals surface area contributed by atoms with Crippen molar-refractivity contribution < 1.29 is 10.0 Å². The van der Waals surface area contributed by atoms with E-state index in [1.54, 1.807) is 0 Å². The molecule has 1 heterocycles. The van der Waals surface area contributed by atoms with Crippen LogP contribution in [0.15, 0.2) is 57.8 Å². The number of hydrogen-bond donors (Lipinski definition) is 2. The zero-order chi connectivity index (χ0) is 22.1. The molecule has 0 saturated heterocycles. The molecule has 2 N–H and O–H groups in total. The van der Waals surface area contributed by atoms with Gasteiger partial charge in [-0.25, -0.2) is 4.98 Å². The number of anilines is 1. The SMILES string of the molecule is CCCCCCC/C(N=Nc1nc2ccccc2s1)=N\Nc1cc([N+](=O)[O-])ccc1O. The minimum absolute atomic E-state index is 0.132. The Bertz CT molecular complexity index is 1060. The van der Waals surface area contributed by atoms with Crippen molar-refractivity contribution in [1.82, 2.24) is 4.98 Å². The van der Waals surface area contributed by atoms with Crippen LogP contribution in [0.25, 0.3) is 10.2 Å².